The van der Waals surface area contributed by atoms with E-state index in [-0.39, 0.29) is 5.41 Å². The zero-order valence-corrected chi connectivity index (χ0v) is 17.3. The van der Waals surface area contributed by atoms with Crippen LogP contribution < -0.4 is 9.13 Å². The molecule has 0 bridgehead atoms. The first-order valence-corrected chi connectivity index (χ1v) is 9.74. The smallest absolute Gasteiger partial charge is 0.195 e. The molecule has 0 saturated carbocycles. The van der Waals surface area contributed by atoms with Crippen LogP contribution in [-0.4, -0.2) is 4.98 Å². The van der Waals surface area contributed by atoms with Crippen molar-refractivity contribution in [1.29, 1.82) is 0 Å². The van der Waals surface area contributed by atoms with Gasteiger partial charge in [-0.3, -0.25) is 0 Å². The van der Waals surface area contributed by atoms with Crippen LogP contribution in [0.25, 0.3) is 22.3 Å². The van der Waals surface area contributed by atoms with E-state index < -0.39 is 0 Å². The molecular formula is C25H27N3+2. The van der Waals surface area contributed by atoms with Gasteiger partial charge in [-0.15, -0.1) is 0 Å². The Bertz CT molecular complexity index is 1160. The van der Waals surface area contributed by atoms with Gasteiger partial charge in [0.2, 0.25) is 5.69 Å². The second-order valence-corrected chi connectivity index (χ2v) is 8.42. The summed E-state index contributed by atoms with van der Waals surface area (Å²) in [4.78, 5) is 4.50. The van der Waals surface area contributed by atoms with Gasteiger partial charge in [0, 0.05) is 25.1 Å². The average molecular weight is 370 g/mol. The van der Waals surface area contributed by atoms with E-state index in [0.29, 0.717) is 0 Å². The number of rotatable bonds is 2. The van der Waals surface area contributed by atoms with Crippen molar-refractivity contribution >= 4 is 10.9 Å². The monoisotopic (exact) mass is 369 g/mol. The Morgan fingerprint density at radius 2 is 1.50 bits per heavy atom. The van der Waals surface area contributed by atoms with E-state index in [4.69, 9.17) is 0 Å². The maximum absolute atomic E-state index is 4.50. The van der Waals surface area contributed by atoms with E-state index in [0.717, 1.165) is 10.9 Å². The van der Waals surface area contributed by atoms with Crippen molar-refractivity contribution in [3.8, 4) is 11.4 Å². The summed E-state index contributed by atoms with van der Waals surface area (Å²) in [5.41, 5.74) is 7.33. The van der Waals surface area contributed by atoms with Gasteiger partial charge in [0.25, 0.3) is 6.33 Å². The molecule has 0 spiro atoms. The lowest BCUT2D eigenvalue weighted by atomic mass is 9.85. The molecule has 0 N–H and O–H groups in total. The summed E-state index contributed by atoms with van der Waals surface area (Å²) in [5, 5.41) is 1.13. The highest BCUT2D eigenvalue weighted by Crippen LogP contribution is 2.28. The first-order valence-electron chi connectivity index (χ1n) is 9.74. The van der Waals surface area contributed by atoms with Crippen LogP contribution in [0.4, 0.5) is 0 Å². The highest BCUT2D eigenvalue weighted by atomic mass is 15.0. The van der Waals surface area contributed by atoms with Gasteiger partial charge in [-0.2, -0.15) is 9.13 Å². The third kappa shape index (κ3) is 3.18. The zero-order chi connectivity index (χ0) is 19.9. The Hall–Kier alpha value is -3.07. The van der Waals surface area contributed by atoms with E-state index in [1.54, 1.807) is 0 Å². The van der Waals surface area contributed by atoms with Crippen molar-refractivity contribution in [3.05, 3.63) is 90.1 Å². The SMILES string of the molecule is Cc1c(-[n+]2ccccc2C)cc(C(C)(C)C)cc1-[n+]1cncc2ccccc21. The summed E-state index contributed by atoms with van der Waals surface area (Å²) >= 11 is 0. The molecule has 0 atom stereocenters. The molecule has 2 heterocycles. The standard InChI is InChI=1S/C25H27N3/c1-18-10-8-9-13-27(18)23-14-21(25(3,4)5)15-24(19(23)2)28-17-26-16-20-11-6-7-12-22(20)28/h6-17H,1-5H3/q+2. The fourth-order valence-corrected chi connectivity index (χ4v) is 3.67. The van der Waals surface area contributed by atoms with Crippen molar-refractivity contribution in [1.82, 2.24) is 4.98 Å². The van der Waals surface area contributed by atoms with Gasteiger partial charge in [-0.1, -0.05) is 44.0 Å². The van der Waals surface area contributed by atoms with Gasteiger partial charge in [0.05, 0.1) is 10.9 Å². The zero-order valence-electron chi connectivity index (χ0n) is 17.3. The van der Waals surface area contributed by atoms with Crippen LogP contribution in [0.2, 0.25) is 0 Å². The summed E-state index contributed by atoms with van der Waals surface area (Å²) in [6, 6.07) is 19.4. The Morgan fingerprint density at radius 1 is 0.821 bits per heavy atom. The predicted octanol–water partition coefficient (Wildman–Crippen LogP) is 4.70. The summed E-state index contributed by atoms with van der Waals surface area (Å²) in [7, 11) is 0. The van der Waals surface area contributed by atoms with Crippen LogP contribution in [-0.2, 0) is 5.41 Å². The van der Waals surface area contributed by atoms with Crippen LogP contribution in [0.1, 0.15) is 37.6 Å². The number of pyridine rings is 1. The number of hydrogen-bond donors (Lipinski definition) is 0. The van der Waals surface area contributed by atoms with E-state index in [2.05, 4.69) is 110 Å². The largest absolute Gasteiger partial charge is 0.291 e. The van der Waals surface area contributed by atoms with Gasteiger partial charge in [0.1, 0.15) is 11.2 Å². The third-order valence-electron chi connectivity index (χ3n) is 5.39. The van der Waals surface area contributed by atoms with E-state index in [1.807, 2.05) is 12.5 Å². The highest BCUT2D eigenvalue weighted by Gasteiger charge is 2.25. The molecule has 4 aromatic rings. The molecule has 0 radical (unpaired) electrons. The molecule has 0 aliphatic heterocycles. The summed E-state index contributed by atoms with van der Waals surface area (Å²) in [5.74, 6) is 0. The first-order chi connectivity index (χ1) is 13.4. The molecule has 2 aromatic carbocycles. The Balaban J connectivity index is 2.08. The third-order valence-corrected chi connectivity index (χ3v) is 5.39. The number of aryl methyl sites for hydroxylation is 1. The molecular weight excluding hydrogens is 342 g/mol. The average Bonchev–Trinajstić information content (AvgIpc) is 2.68. The van der Waals surface area contributed by atoms with Crippen LogP contribution in [0.5, 0.6) is 0 Å². The van der Waals surface area contributed by atoms with Crippen LogP contribution in [0.3, 0.4) is 0 Å². The Morgan fingerprint density at radius 3 is 2.21 bits per heavy atom. The van der Waals surface area contributed by atoms with Gasteiger partial charge < -0.3 is 0 Å². The lowest BCUT2D eigenvalue weighted by Gasteiger charge is -2.21. The molecule has 140 valence electrons. The molecule has 0 aliphatic carbocycles. The van der Waals surface area contributed by atoms with E-state index in [1.165, 1.54) is 28.2 Å². The molecule has 0 saturated heterocycles. The quantitative estimate of drug-likeness (QED) is 0.469. The summed E-state index contributed by atoms with van der Waals surface area (Å²) in [6.45, 7) is 11.1. The minimum atomic E-state index is 0.0407. The van der Waals surface area contributed by atoms with E-state index >= 15 is 0 Å². The van der Waals surface area contributed by atoms with Crippen molar-refractivity contribution in [2.24, 2.45) is 0 Å². The second-order valence-electron chi connectivity index (χ2n) is 8.42. The molecule has 2 aromatic heterocycles. The molecule has 0 unspecified atom stereocenters. The molecule has 3 heteroatoms. The number of fused-ring (bicyclic) bond motifs is 1. The Labute approximate surface area is 166 Å². The fourth-order valence-electron chi connectivity index (χ4n) is 3.67. The predicted molar refractivity (Wildman–Crippen MR) is 113 cm³/mol. The van der Waals surface area contributed by atoms with E-state index in [9.17, 15) is 0 Å². The van der Waals surface area contributed by atoms with Crippen molar-refractivity contribution in [2.75, 3.05) is 0 Å². The van der Waals surface area contributed by atoms with Crippen molar-refractivity contribution in [3.63, 3.8) is 0 Å². The summed E-state index contributed by atoms with van der Waals surface area (Å²) < 4.78 is 4.48. The number of hydrogen-bond acceptors (Lipinski definition) is 1. The summed E-state index contributed by atoms with van der Waals surface area (Å²) in [6.07, 6.45) is 5.98. The van der Waals surface area contributed by atoms with Crippen molar-refractivity contribution in [2.45, 2.75) is 40.0 Å². The molecule has 28 heavy (non-hydrogen) atoms. The lowest BCUT2D eigenvalue weighted by Crippen LogP contribution is -2.39. The van der Waals surface area contributed by atoms with Crippen LogP contribution in [0, 0.1) is 13.8 Å². The van der Waals surface area contributed by atoms with Gasteiger partial charge >= 0.3 is 0 Å². The number of nitrogens with zero attached hydrogens (tertiary/aromatic N) is 3. The first kappa shape index (κ1) is 18.3. The molecule has 0 aliphatic rings. The molecule has 3 nitrogen and oxygen atoms in total. The van der Waals surface area contributed by atoms with Crippen LogP contribution >= 0.6 is 0 Å². The second kappa shape index (κ2) is 6.83. The maximum atomic E-state index is 4.50. The number of para-hydroxylation sites is 1. The normalized spacial score (nSPS) is 11.8. The number of aromatic nitrogens is 3. The Kier molecular flexibility index (Phi) is 4.46. The minimum absolute atomic E-state index is 0.0407. The van der Waals surface area contributed by atoms with Crippen molar-refractivity contribution < 1.29 is 9.13 Å². The van der Waals surface area contributed by atoms with Gasteiger partial charge in [0.15, 0.2) is 18.1 Å². The van der Waals surface area contributed by atoms with Gasteiger partial charge in [-0.25, -0.2) is 0 Å². The fraction of sp³-hybridized carbons (Fsp3) is 0.240. The number of benzene rings is 2. The lowest BCUT2D eigenvalue weighted by molar-refractivity contribution is -0.605. The molecule has 4 rings (SSSR count). The topological polar surface area (TPSA) is 20.6 Å². The minimum Gasteiger partial charge on any atom is -0.195 e. The molecule has 0 fully saturated rings. The van der Waals surface area contributed by atoms with Crippen LogP contribution in [0.15, 0.2) is 73.3 Å². The molecule has 0 amide bonds. The maximum Gasteiger partial charge on any atom is 0.291 e. The van der Waals surface area contributed by atoms with Gasteiger partial charge in [-0.05, 0) is 36.1 Å². The highest BCUT2D eigenvalue weighted by molar-refractivity contribution is 5.74.